The highest BCUT2D eigenvalue weighted by Crippen LogP contribution is 2.20. The third-order valence-corrected chi connectivity index (χ3v) is 3.89. The number of hydrogen-bond donors (Lipinski definition) is 3. The third kappa shape index (κ3) is 3.43. The first kappa shape index (κ1) is 15.7. The fourth-order valence-electron chi connectivity index (χ4n) is 2.70. The second-order valence-corrected chi connectivity index (χ2v) is 5.55. The second-order valence-electron chi connectivity index (χ2n) is 5.55. The fourth-order valence-corrected chi connectivity index (χ4v) is 2.70. The molecule has 122 valence electrons. The number of phenols is 1. The van der Waals surface area contributed by atoms with E-state index < -0.39 is 5.91 Å². The van der Waals surface area contributed by atoms with E-state index in [-0.39, 0.29) is 5.75 Å². The number of nitrogens with two attached hydrogens (primary N) is 1. The Labute approximate surface area is 139 Å². The van der Waals surface area contributed by atoms with Gasteiger partial charge in [0.2, 0.25) is 0 Å². The molecule has 0 unspecified atom stereocenters. The number of benzene rings is 1. The Morgan fingerprint density at radius 3 is 2.71 bits per heavy atom. The minimum atomic E-state index is -0.505. The number of aromatic amines is 1. The molecule has 24 heavy (non-hydrogen) atoms. The molecule has 1 aromatic carbocycles. The topological polar surface area (TPSA) is 105 Å². The zero-order valence-electron chi connectivity index (χ0n) is 13.1. The van der Waals surface area contributed by atoms with E-state index in [9.17, 15) is 9.90 Å². The minimum absolute atomic E-state index is 0.240. The number of phenolic OH excluding ortho intramolecular Hbond substituents is 1. The molecule has 0 bridgehead atoms. The van der Waals surface area contributed by atoms with Crippen LogP contribution in [0.15, 0.2) is 48.8 Å². The molecule has 1 amide bonds. The minimum Gasteiger partial charge on any atom is -0.508 e. The number of carbonyl (C=O) groups excluding carboxylic acids is 1. The molecule has 0 saturated carbocycles. The molecular weight excluding hydrogens is 304 g/mol. The SMILES string of the molecule is NC(=O)c1c(CCc2ccccc2O)n[nH]c1Cc1cccnc1. The van der Waals surface area contributed by atoms with E-state index in [1.165, 1.54) is 0 Å². The summed E-state index contributed by atoms with van der Waals surface area (Å²) in [5, 5.41) is 17.0. The Bertz CT molecular complexity index is 843. The molecule has 0 saturated heterocycles. The van der Waals surface area contributed by atoms with Crippen molar-refractivity contribution in [3.63, 3.8) is 0 Å². The number of aryl methyl sites for hydroxylation is 2. The molecule has 2 aromatic heterocycles. The van der Waals surface area contributed by atoms with E-state index in [2.05, 4.69) is 15.2 Å². The third-order valence-electron chi connectivity index (χ3n) is 3.89. The highest BCUT2D eigenvalue weighted by Gasteiger charge is 2.18. The Morgan fingerprint density at radius 1 is 1.17 bits per heavy atom. The van der Waals surface area contributed by atoms with Crippen molar-refractivity contribution in [1.82, 2.24) is 15.2 Å². The zero-order valence-corrected chi connectivity index (χ0v) is 13.1. The van der Waals surface area contributed by atoms with Crippen LogP contribution < -0.4 is 5.73 Å². The molecule has 4 N–H and O–H groups in total. The van der Waals surface area contributed by atoms with E-state index in [0.717, 1.165) is 11.1 Å². The van der Waals surface area contributed by atoms with Crippen LogP contribution in [0.2, 0.25) is 0 Å². The van der Waals surface area contributed by atoms with Gasteiger partial charge in [0.1, 0.15) is 5.75 Å². The smallest absolute Gasteiger partial charge is 0.252 e. The predicted octanol–water partition coefficient (Wildman–Crippen LogP) is 1.99. The Balaban J connectivity index is 1.81. The molecule has 0 fully saturated rings. The van der Waals surface area contributed by atoms with Crippen LogP contribution in [0.3, 0.4) is 0 Å². The van der Waals surface area contributed by atoms with Crippen molar-refractivity contribution >= 4 is 5.91 Å². The lowest BCUT2D eigenvalue weighted by atomic mass is 10.0. The van der Waals surface area contributed by atoms with Gasteiger partial charge in [-0.3, -0.25) is 14.9 Å². The summed E-state index contributed by atoms with van der Waals surface area (Å²) < 4.78 is 0. The van der Waals surface area contributed by atoms with Crippen LogP contribution in [-0.2, 0) is 19.3 Å². The average molecular weight is 322 g/mol. The number of aromatic nitrogens is 3. The highest BCUT2D eigenvalue weighted by atomic mass is 16.3. The average Bonchev–Trinajstić information content (AvgIpc) is 2.98. The summed E-state index contributed by atoms with van der Waals surface area (Å²) in [6.07, 6.45) is 5.04. The number of primary amides is 1. The van der Waals surface area contributed by atoms with E-state index >= 15 is 0 Å². The van der Waals surface area contributed by atoms with Gasteiger partial charge >= 0.3 is 0 Å². The maximum atomic E-state index is 11.9. The molecule has 0 radical (unpaired) electrons. The summed E-state index contributed by atoms with van der Waals surface area (Å²) in [6.45, 7) is 0. The summed E-state index contributed by atoms with van der Waals surface area (Å²) in [7, 11) is 0. The van der Waals surface area contributed by atoms with Crippen LogP contribution in [0.25, 0.3) is 0 Å². The largest absolute Gasteiger partial charge is 0.508 e. The van der Waals surface area contributed by atoms with Gasteiger partial charge in [-0.05, 0) is 36.1 Å². The first-order valence-electron chi connectivity index (χ1n) is 7.67. The Morgan fingerprint density at radius 2 is 2.00 bits per heavy atom. The van der Waals surface area contributed by atoms with E-state index in [1.54, 1.807) is 24.5 Å². The molecule has 3 aromatic rings. The quantitative estimate of drug-likeness (QED) is 0.645. The second kappa shape index (κ2) is 6.95. The molecule has 3 rings (SSSR count). The van der Waals surface area contributed by atoms with Crippen molar-refractivity contribution in [1.29, 1.82) is 0 Å². The van der Waals surface area contributed by atoms with Crippen molar-refractivity contribution in [2.75, 3.05) is 0 Å². The lowest BCUT2D eigenvalue weighted by Gasteiger charge is -2.05. The number of hydrogen-bond acceptors (Lipinski definition) is 4. The van der Waals surface area contributed by atoms with Gasteiger partial charge in [0.25, 0.3) is 5.91 Å². The van der Waals surface area contributed by atoms with Crippen molar-refractivity contribution in [2.24, 2.45) is 5.73 Å². The van der Waals surface area contributed by atoms with Crippen molar-refractivity contribution in [2.45, 2.75) is 19.3 Å². The van der Waals surface area contributed by atoms with E-state index in [1.807, 2.05) is 24.3 Å². The summed E-state index contributed by atoms with van der Waals surface area (Å²) in [6, 6.07) is 10.9. The van der Waals surface area contributed by atoms with Gasteiger partial charge in [0.05, 0.1) is 17.0 Å². The maximum Gasteiger partial charge on any atom is 0.252 e. The molecular formula is C18H18N4O2. The molecule has 0 aliphatic rings. The molecule has 2 heterocycles. The van der Waals surface area contributed by atoms with Gasteiger partial charge in [0, 0.05) is 18.8 Å². The zero-order chi connectivity index (χ0) is 16.9. The van der Waals surface area contributed by atoms with Crippen LogP contribution >= 0.6 is 0 Å². The van der Waals surface area contributed by atoms with Crippen LogP contribution in [0, 0.1) is 0 Å². The monoisotopic (exact) mass is 322 g/mol. The molecule has 0 aliphatic heterocycles. The van der Waals surface area contributed by atoms with E-state index in [0.29, 0.717) is 36.2 Å². The number of aromatic hydroxyl groups is 1. The summed E-state index contributed by atoms with van der Waals surface area (Å²) in [5.41, 5.74) is 9.05. The van der Waals surface area contributed by atoms with Crippen molar-refractivity contribution < 1.29 is 9.90 Å². The predicted molar refractivity (Wildman–Crippen MR) is 89.7 cm³/mol. The molecule has 6 heteroatoms. The Hall–Kier alpha value is -3.15. The maximum absolute atomic E-state index is 11.9. The number of rotatable bonds is 6. The number of para-hydroxylation sites is 1. The molecule has 0 aliphatic carbocycles. The molecule has 6 nitrogen and oxygen atoms in total. The van der Waals surface area contributed by atoms with Gasteiger partial charge < -0.3 is 10.8 Å². The van der Waals surface area contributed by atoms with Gasteiger partial charge in [-0.1, -0.05) is 24.3 Å². The summed E-state index contributed by atoms with van der Waals surface area (Å²) in [4.78, 5) is 15.9. The number of nitrogens with zero attached hydrogens (tertiary/aromatic N) is 2. The summed E-state index contributed by atoms with van der Waals surface area (Å²) in [5.74, 6) is -0.265. The van der Waals surface area contributed by atoms with E-state index in [4.69, 9.17) is 5.73 Å². The van der Waals surface area contributed by atoms with Crippen LogP contribution in [-0.4, -0.2) is 26.2 Å². The van der Waals surface area contributed by atoms with Crippen LogP contribution in [0.4, 0.5) is 0 Å². The lowest BCUT2D eigenvalue weighted by Crippen LogP contribution is -2.15. The van der Waals surface area contributed by atoms with Gasteiger partial charge in [0.15, 0.2) is 0 Å². The number of H-pyrrole nitrogens is 1. The normalized spacial score (nSPS) is 10.7. The van der Waals surface area contributed by atoms with Crippen LogP contribution in [0.1, 0.15) is 32.9 Å². The Kier molecular flexibility index (Phi) is 4.56. The summed E-state index contributed by atoms with van der Waals surface area (Å²) >= 11 is 0. The number of nitrogens with one attached hydrogen (secondary N) is 1. The van der Waals surface area contributed by atoms with Crippen molar-refractivity contribution in [3.8, 4) is 5.75 Å². The van der Waals surface area contributed by atoms with Crippen molar-refractivity contribution in [3.05, 3.63) is 76.9 Å². The fraction of sp³-hybridized carbons (Fsp3) is 0.167. The molecule has 0 atom stereocenters. The van der Waals surface area contributed by atoms with Gasteiger partial charge in [-0.2, -0.15) is 5.10 Å². The standard InChI is InChI=1S/C18H18N4O2/c19-18(24)17-14(8-7-13-5-1-2-6-16(13)23)21-22-15(17)10-12-4-3-9-20-11-12/h1-6,9,11,23H,7-8,10H2,(H2,19,24)(H,21,22). The van der Waals surface area contributed by atoms with Gasteiger partial charge in [-0.15, -0.1) is 0 Å². The number of pyridine rings is 1. The van der Waals surface area contributed by atoms with Crippen LogP contribution in [0.5, 0.6) is 5.75 Å². The first-order valence-corrected chi connectivity index (χ1v) is 7.67. The molecule has 0 spiro atoms. The number of carbonyl (C=O) groups is 1. The van der Waals surface area contributed by atoms with Gasteiger partial charge in [-0.25, -0.2) is 0 Å². The first-order chi connectivity index (χ1) is 11.6. The number of amides is 1. The highest BCUT2D eigenvalue weighted by molar-refractivity contribution is 5.95. The lowest BCUT2D eigenvalue weighted by molar-refractivity contribution is 0.0998.